The molecule has 1 saturated heterocycles. The van der Waals surface area contributed by atoms with E-state index in [9.17, 15) is 4.79 Å². The Labute approximate surface area is 115 Å². The second kappa shape index (κ2) is 6.87. The van der Waals surface area contributed by atoms with Gasteiger partial charge in [0, 0.05) is 6.42 Å². The summed E-state index contributed by atoms with van der Waals surface area (Å²) in [5, 5.41) is 0. The van der Waals surface area contributed by atoms with E-state index in [-0.39, 0.29) is 18.2 Å². The first-order chi connectivity index (χ1) is 8.89. The topological polar surface area (TPSA) is 44.8 Å². The molecular weight excluding hydrogens is 244 g/mol. The summed E-state index contributed by atoms with van der Waals surface area (Å²) in [6, 6.07) is 0. The predicted octanol–water partition coefficient (Wildman–Crippen LogP) is 2.98. The van der Waals surface area contributed by atoms with E-state index in [1.165, 1.54) is 0 Å². The number of hydrogen-bond donors (Lipinski definition) is 0. The van der Waals surface area contributed by atoms with Crippen LogP contribution in [0.2, 0.25) is 0 Å². The van der Waals surface area contributed by atoms with Crippen molar-refractivity contribution in [3.8, 4) is 0 Å². The molecule has 19 heavy (non-hydrogen) atoms. The minimum absolute atomic E-state index is 0.197. The van der Waals surface area contributed by atoms with Crippen molar-refractivity contribution in [2.24, 2.45) is 0 Å². The standard InChI is InChI=1S/C15H24O4/c1-6-8-10-12-13(19-15(4,5)18-12)14(16)17-11(3)9-7-2/h6-7,11-13H,1-2,8-10H2,3-5H3/t11-,12-,13-/m0/s1. The highest BCUT2D eigenvalue weighted by Gasteiger charge is 2.45. The largest absolute Gasteiger partial charge is 0.460 e. The third kappa shape index (κ3) is 4.80. The van der Waals surface area contributed by atoms with Gasteiger partial charge in [-0.1, -0.05) is 12.2 Å². The Morgan fingerprint density at radius 2 is 2.05 bits per heavy atom. The van der Waals surface area contributed by atoms with Crippen molar-refractivity contribution in [3.63, 3.8) is 0 Å². The summed E-state index contributed by atoms with van der Waals surface area (Å²) >= 11 is 0. The molecule has 0 bridgehead atoms. The molecule has 108 valence electrons. The molecule has 0 saturated carbocycles. The molecule has 3 atom stereocenters. The van der Waals surface area contributed by atoms with E-state index in [1.807, 2.05) is 6.92 Å². The molecule has 1 rings (SSSR count). The fraction of sp³-hybridized carbons (Fsp3) is 0.667. The third-order valence-corrected chi connectivity index (χ3v) is 2.89. The van der Waals surface area contributed by atoms with Crippen LogP contribution in [0.5, 0.6) is 0 Å². The van der Waals surface area contributed by atoms with E-state index in [0.29, 0.717) is 12.8 Å². The number of carbonyl (C=O) groups excluding carboxylic acids is 1. The Hall–Kier alpha value is -1.13. The second-order valence-corrected chi connectivity index (χ2v) is 5.23. The van der Waals surface area contributed by atoms with Crippen molar-refractivity contribution in [2.75, 3.05) is 0 Å². The molecular formula is C15H24O4. The number of carbonyl (C=O) groups is 1. The van der Waals surface area contributed by atoms with Crippen molar-refractivity contribution in [1.29, 1.82) is 0 Å². The summed E-state index contributed by atoms with van der Waals surface area (Å²) in [6.07, 6.45) is 4.48. The molecule has 4 heteroatoms. The smallest absolute Gasteiger partial charge is 0.338 e. The molecule has 1 fully saturated rings. The van der Waals surface area contributed by atoms with Crippen LogP contribution >= 0.6 is 0 Å². The highest BCUT2D eigenvalue weighted by Crippen LogP contribution is 2.31. The van der Waals surface area contributed by atoms with Gasteiger partial charge in [0.15, 0.2) is 11.9 Å². The van der Waals surface area contributed by atoms with Gasteiger partial charge in [-0.05, 0) is 33.6 Å². The zero-order chi connectivity index (χ0) is 14.5. The van der Waals surface area contributed by atoms with Crippen molar-refractivity contribution in [3.05, 3.63) is 25.3 Å². The Bertz CT molecular complexity index is 335. The molecule has 0 aromatic heterocycles. The van der Waals surface area contributed by atoms with E-state index >= 15 is 0 Å². The molecule has 0 spiro atoms. The van der Waals surface area contributed by atoms with Crippen molar-refractivity contribution >= 4 is 5.97 Å². The maximum atomic E-state index is 12.1. The van der Waals surface area contributed by atoms with E-state index in [0.717, 1.165) is 6.42 Å². The van der Waals surface area contributed by atoms with Crippen LogP contribution in [0.25, 0.3) is 0 Å². The average molecular weight is 268 g/mol. The molecule has 0 unspecified atom stereocenters. The van der Waals surface area contributed by atoms with Crippen LogP contribution in [0.4, 0.5) is 0 Å². The van der Waals surface area contributed by atoms with Gasteiger partial charge in [-0.15, -0.1) is 13.2 Å². The fourth-order valence-electron chi connectivity index (χ4n) is 2.08. The van der Waals surface area contributed by atoms with Crippen LogP contribution in [0.15, 0.2) is 25.3 Å². The number of ether oxygens (including phenoxy) is 3. The minimum atomic E-state index is -0.753. The molecule has 1 aliphatic heterocycles. The summed E-state index contributed by atoms with van der Waals surface area (Å²) < 4.78 is 16.7. The molecule has 4 nitrogen and oxygen atoms in total. The van der Waals surface area contributed by atoms with E-state index in [2.05, 4.69) is 13.2 Å². The van der Waals surface area contributed by atoms with Gasteiger partial charge in [0.1, 0.15) is 6.10 Å². The molecule has 0 aromatic carbocycles. The van der Waals surface area contributed by atoms with Gasteiger partial charge in [-0.3, -0.25) is 0 Å². The van der Waals surface area contributed by atoms with Crippen LogP contribution in [0.3, 0.4) is 0 Å². The van der Waals surface area contributed by atoms with Gasteiger partial charge < -0.3 is 14.2 Å². The quantitative estimate of drug-likeness (QED) is 0.526. The van der Waals surface area contributed by atoms with E-state index < -0.39 is 11.9 Å². The average Bonchev–Trinajstić information content (AvgIpc) is 2.62. The lowest BCUT2D eigenvalue weighted by Crippen LogP contribution is -2.35. The Morgan fingerprint density at radius 1 is 1.37 bits per heavy atom. The SMILES string of the molecule is C=CCC[C@@H]1OC(C)(C)O[C@@H]1C(=O)O[C@@H](C)CC=C. The van der Waals surface area contributed by atoms with Crippen molar-refractivity contribution in [2.45, 2.75) is 64.1 Å². The predicted molar refractivity (Wildman–Crippen MR) is 73.6 cm³/mol. The maximum absolute atomic E-state index is 12.1. The van der Waals surface area contributed by atoms with Gasteiger partial charge in [-0.25, -0.2) is 4.79 Å². The van der Waals surface area contributed by atoms with Crippen LogP contribution < -0.4 is 0 Å². The number of esters is 1. The molecule has 0 N–H and O–H groups in total. The fourth-order valence-corrected chi connectivity index (χ4v) is 2.08. The van der Waals surface area contributed by atoms with Crippen LogP contribution in [0.1, 0.15) is 40.0 Å². The zero-order valence-electron chi connectivity index (χ0n) is 12.1. The molecule has 0 aromatic rings. The molecule has 0 radical (unpaired) electrons. The summed E-state index contributed by atoms with van der Waals surface area (Å²) in [5.41, 5.74) is 0. The van der Waals surface area contributed by atoms with E-state index in [1.54, 1.807) is 26.0 Å². The Kier molecular flexibility index (Phi) is 5.76. The summed E-state index contributed by atoms with van der Waals surface area (Å²) in [5.74, 6) is -1.12. The lowest BCUT2D eigenvalue weighted by Gasteiger charge is -2.18. The normalized spacial score (nSPS) is 26.7. The number of rotatable bonds is 7. The van der Waals surface area contributed by atoms with Crippen LogP contribution in [-0.2, 0) is 19.0 Å². The monoisotopic (exact) mass is 268 g/mol. The molecule has 0 aliphatic carbocycles. The highest BCUT2D eigenvalue weighted by atomic mass is 16.8. The summed E-state index contributed by atoms with van der Waals surface area (Å²) in [7, 11) is 0. The van der Waals surface area contributed by atoms with Gasteiger partial charge in [0.05, 0.1) is 6.10 Å². The van der Waals surface area contributed by atoms with Crippen LogP contribution in [-0.4, -0.2) is 30.1 Å². The number of hydrogen-bond acceptors (Lipinski definition) is 4. The van der Waals surface area contributed by atoms with Crippen LogP contribution in [0, 0.1) is 0 Å². The van der Waals surface area contributed by atoms with Gasteiger partial charge in [0.25, 0.3) is 0 Å². The zero-order valence-corrected chi connectivity index (χ0v) is 12.1. The Morgan fingerprint density at radius 3 is 2.63 bits per heavy atom. The maximum Gasteiger partial charge on any atom is 0.338 e. The van der Waals surface area contributed by atoms with E-state index in [4.69, 9.17) is 14.2 Å². The first kappa shape index (κ1) is 15.9. The lowest BCUT2D eigenvalue weighted by molar-refractivity contribution is -0.173. The first-order valence-electron chi connectivity index (χ1n) is 6.67. The molecule has 1 heterocycles. The molecule has 0 amide bonds. The summed E-state index contributed by atoms with van der Waals surface area (Å²) in [6.45, 7) is 12.7. The number of allylic oxidation sites excluding steroid dienone is 1. The second-order valence-electron chi connectivity index (χ2n) is 5.23. The lowest BCUT2D eigenvalue weighted by atomic mass is 10.1. The van der Waals surface area contributed by atoms with Gasteiger partial charge in [0.2, 0.25) is 0 Å². The Balaban J connectivity index is 2.63. The van der Waals surface area contributed by atoms with Gasteiger partial charge >= 0.3 is 5.97 Å². The van der Waals surface area contributed by atoms with Crippen molar-refractivity contribution < 1.29 is 19.0 Å². The van der Waals surface area contributed by atoms with Crippen molar-refractivity contribution in [1.82, 2.24) is 0 Å². The summed E-state index contributed by atoms with van der Waals surface area (Å²) in [4.78, 5) is 12.1. The van der Waals surface area contributed by atoms with Gasteiger partial charge in [-0.2, -0.15) is 0 Å². The molecule has 1 aliphatic rings. The highest BCUT2D eigenvalue weighted by molar-refractivity contribution is 5.76. The first-order valence-corrected chi connectivity index (χ1v) is 6.67. The third-order valence-electron chi connectivity index (χ3n) is 2.89. The minimum Gasteiger partial charge on any atom is -0.460 e.